The first-order valence-corrected chi connectivity index (χ1v) is 7.57. The summed E-state index contributed by atoms with van der Waals surface area (Å²) in [4.78, 5) is 0. The number of hydrogen-bond acceptors (Lipinski definition) is 1. The predicted molar refractivity (Wildman–Crippen MR) is 83.7 cm³/mol. The monoisotopic (exact) mass is 258 g/mol. The van der Waals surface area contributed by atoms with Crippen molar-refractivity contribution in [1.29, 1.82) is 0 Å². The summed E-state index contributed by atoms with van der Waals surface area (Å²) in [7, 11) is 0. The molecular formula is C17H26N2. The van der Waals surface area contributed by atoms with Crippen LogP contribution < -0.4 is 5.32 Å². The number of fused-ring (bicyclic) bond motifs is 1. The Labute approximate surface area is 116 Å². The van der Waals surface area contributed by atoms with Crippen LogP contribution in [0.5, 0.6) is 0 Å². The molecule has 0 atom stereocenters. The van der Waals surface area contributed by atoms with E-state index in [2.05, 4.69) is 54.2 Å². The first-order valence-electron chi connectivity index (χ1n) is 7.57. The SMILES string of the molecule is CCCCCCNCCn1ccc2ccc(C)cc21. The lowest BCUT2D eigenvalue weighted by molar-refractivity contribution is 0.567. The van der Waals surface area contributed by atoms with Gasteiger partial charge in [0.25, 0.3) is 0 Å². The molecule has 2 nitrogen and oxygen atoms in total. The van der Waals surface area contributed by atoms with Gasteiger partial charge >= 0.3 is 0 Å². The topological polar surface area (TPSA) is 17.0 Å². The Balaban J connectivity index is 1.77. The number of aromatic nitrogens is 1. The number of hydrogen-bond donors (Lipinski definition) is 1. The standard InChI is InChI=1S/C17H26N2/c1-3-4-5-6-10-18-11-13-19-12-9-16-8-7-15(2)14-17(16)19/h7-9,12,14,18H,3-6,10-11,13H2,1-2H3. The van der Waals surface area contributed by atoms with Crippen LogP contribution in [-0.2, 0) is 6.54 Å². The highest BCUT2D eigenvalue weighted by Crippen LogP contribution is 2.16. The van der Waals surface area contributed by atoms with E-state index in [4.69, 9.17) is 0 Å². The van der Waals surface area contributed by atoms with Gasteiger partial charge in [0.2, 0.25) is 0 Å². The van der Waals surface area contributed by atoms with Crippen molar-refractivity contribution >= 4 is 10.9 Å². The van der Waals surface area contributed by atoms with E-state index in [9.17, 15) is 0 Å². The Kier molecular flexibility index (Phi) is 5.46. The summed E-state index contributed by atoms with van der Waals surface area (Å²) >= 11 is 0. The van der Waals surface area contributed by atoms with Crippen LogP contribution in [0.3, 0.4) is 0 Å². The van der Waals surface area contributed by atoms with Crippen molar-refractivity contribution in [2.45, 2.75) is 46.1 Å². The second kappa shape index (κ2) is 7.34. The Hall–Kier alpha value is -1.28. The van der Waals surface area contributed by atoms with Crippen molar-refractivity contribution in [3.8, 4) is 0 Å². The highest BCUT2D eigenvalue weighted by atomic mass is 15.0. The molecule has 0 bridgehead atoms. The van der Waals surface area contributed by atoms with Crippen molar-refractivity contribution in [3.05, 3.63) is 36.0 Å². The first kappa shape index (κ1) is 14.1. The van der Waals surface area contributed by atoms with E-state index in [0.717, 1.165) is 19.6 Å². The zero-order valence-corrected chi connectivity index (χ0v) is 12.3. The number of nitrogens with one attached hydrogen (secondary N) is 1. The van der Waals surface area contributed by atoms with Crippen LogP contribution in [0, 0.1) is 6.92 Å². The Morgan fingerprint density at radius 3 is 2.79 bits per heavy atom. The van der Waals surface area contributed by atoms with Crippen LogP contribution in [-0.4, -0.2) is 17.7 Å². The van der Waals surface area contributed by atoms with E-state index >= 15 is 0 Å². The van der Waals surface area contributed by atoms with E-state index < -0.39 is 0 Å². The summed E-state index contributed by atoms with van der Waals surface area (Å²) in [5.74, 6) is 0. The van der Waals surface area contributed by atoms with Crippen molar-refractivity contribution in [3.63, 3.8) is 0 Å². The van der Waals surface area contributed by atoms with Gasteiger partial charge in [0.05, 0.1) is 0 Å². The number of rotatable bonds is 8. The van der Waals surface area contributed by atoms with Crippen LogP contribution in [0.2, 0.25) is 0 Å². The molecule has 1 heterocycles. The minimum atomic E-state index is 1.06. The molecule has 2 rings (SSSR count). The Morgan fingerprint density at radius 1 is 1.05 bits per heavy atom. The third-order valence-corrected chi connectivity index (χ3v) is 3.67. The van der Waals surface area contributed by atoms with Gasteiger partial charge in [0, 0.05) is 24.8 Å². The molecule has 0 saturated carbocycles. The van der Waals surface area contributed by atoms with Crippen LogP contribution in [0.15, 0.2) is 30.5 Å². The van der Waals surface area contributed by atoms with Gasteiger partial charge in [-0.1, -0.05) is 38.3 Å². The molecule has 104 valence electrons. The molecular weight excluding hydrogens is 232 g/mol. The minimum Gasteiger partial charge on any atom is -0.346 e. The van der Waals surface area contributed by atoms with Gasteiger partial charge < -0.3 is 9.88 Å². The fourth-order valence-corrected chi connectivity index (χ4v) is 2.49. The molecule has 0 fully saturated rings. The van der Waals surface area contributed by atoms with Crippen LogP contribution in [0.1, 0.15) is 38.2 Å². The average Bonchev–Trinajstić information content (AvgIpc) is 2.80. The first-order chi connectivity index (χ1) is 9.31. The van der Waals surface area contributed by atoms with Crippen molar-refractivity contribution in [2.75, 3.05) is 13.1 Å². The number of benzene rings is 1. The van der Waals surface area contributed by atoms with Gasteiger partial charge in [-0.05, 0) is 43.0 Å². The average molecular weight is 258 g/mol. The van der Waals surface area contributed by atoms with Crippen molar-refractivity contribution in [1.82, 2.24) is 9.88 Å². The molecule has 0 spiro atoms. The molecule has 0 amide bonds. The second-order valence-corrected chi connectivity index (χ2v) is 5.38. The maximum atomic E-state index is 3.54. The third-order valence-electron chi connectivity index (χ3n) is 3.67. The van der Waals surface area contributed by atoms with E-state index in [1.165, 1.54) is 42.1 Å². The Bertz CT molecular complexity index is 499. The molecule has 1 N–H and O–H groups in total. The highest BCUT2D eigenvalue weighted by Gasteiger charge is 2.00. The summed E-state index contributed by atoms with van der Waals surface area (Å²) in [6, 6.07) is 8.87. The maximum Gasteiger partial charge on any atom is 0.0483 e. The zero-order chi connectivity index (χ0) is 13.5. The molecule has 1 aromatic carbocycles. The fraction of sp³-hybridized carbons (Fsp3) is 0.529. The fourth-order valence-electron chi connectivity index (χ4n) is 2.49. The molecule has 0 aliphatic carbocycles. The van der Waals surface area contributed by atoms with Gasteiger partial charge in [0.1, 0.15) is 0 Å². The molecule has 0 radical (unpaired) electrons. The summed E-state index contributed by atoms with van der Waals surface area (Å²) in [6.45, 7) is 7.68. The lowest BCUT2D eigenvalue weighted by Crippen LogP contribution is -2.20. The van der Waals surface area contributed by atoms with Gasteiger partial charge in [-0.15, -0.1) is 0 Å². The maximum absolute atomic E-state index is 3.54. The lowest BCUT2D eigenvalue weighted by Gasteiger charge is -2.07. The predicted octanol–water partition coefficient (Wildman–Crippen LogP) is 4.12. The van der Waals surface area contributed by atoms with Gasteiger partial charge in [-0.3, -0.25) is 0 Å². The largest absolute Gasteiger partial charge is 0.346 e. The van der Waals surface area contributed by atoms with Crippen LogP contribution in [0.4, 0.5) is 0 Å². The molecule has 2 heteroatoms. The quantitative estimate of drug-likeness (QED) is 0.705. The van der Waals surface area contributed by atoms with Gasteiger partial charge in [-0.25, -0.2) is 0 Å². The van der Waals surface area contributed by atoms with Gasteiger partial charge in [-0.2, -0.15) is 0 Å². The van der Waals surface area contributed by atoms with E-state index in [-0.39, 0.29) is 0 Å². The highest BCUT2D eigenvalue weighted by molar-refractivity contribution is 5.80. The molecule has 1 aromatic heterocycles. The summed E-state index contributed by atoms with van der Waals surface area (Å²) in [5.41, 5.74) is 2.69. The number of aryl methyl sites for hydroxylation is 1. The molecule has 0 aliphatic rings. The molecule has 0 unspecified atom stereocenters. The molecule has 0 aliphatic heterocycles. The molecule has 0 saturated heterocycles. The van der Waals surface area contributed by atoms with E-state index in [0.29, 0.717) is 0 Å². The molecule has 19 heavy (non-hydrogen) atoms. The number of nitrogens with zero attached hydrogens (tertiary/aromatic N) is 1. The molecule has 2 aromatic rings. The van der Waals surface area contributed by atoms with Crippen molar-refractivity contribution in [2.24, 2.45) is 0 Å². The Morgan fingerprint density at radius 2 is 1.95 bits per heavy atom. The summed E-state index contributed by atoms with van der Waals surface area (Å²) in [5, 5.41) is 4.88. The van der Waals surface area contributed by atoms with Crippen LogP contribution in [0.25, 0.3) is 10.9 Å². The minimum absolute atomic E-state index is 1.06. The smallest absolute Gasteiger partial charge is 0.0483 e. The van der Waals surface area contributed by atoms with Crippen LogP contribution >= 0.6 is 0 Å². The van der Waals surface area contributed by atoms with E-state index in [1.807, 2.05) is 0 Å². The van der Waals surface area contributed by atoms with E-state index in [1.54, 1.807) is 0 Å². The van der Waals surface area contributed by atoms with Crippen molar-refractivity contribution < 1.29 is 0 Å². The second-order valence-electron chi connectivity index (χ2n) is 5.38. The lowest BCUT2D eigenvalue weighted by atomic mass is 10.2. The summed E-state index contributed by atoms with van der Waals surface area (Å²) < 4.78 is 2.35. The third kappa shape index (κ3) is 4.10. The normalized spacial score (nSPS) is 11.3. The van der Waals surface area contributed by atoms with Gasteiger partial charge in [0.15, 0.2) is 0 Å². The summed E-state index contributed by atoms with van der Waals surface area (Å²) in [6.07, 6.45) is 7.54. The zero-order valence-electron chi connectivity index (χ0n) is 12.3. The number of unbranched alkanes of at least 4 members (excludes halogenated alkanes) is 3.